The lowest BCUT2D eigenvalue weighted by Crippen LogP contribution is -2.32. The molecular formula is C21H23FN4O2. The maximum absolute atomic E-state index is 13.4. The lowest BCUT2D eigenvalue weighted by atomic mass is 10.2. The van der Waals surface area contributed by atoms with E-state index >= 15 is 0 Å². The quantitative estimate of drug-likeness (QED) is 0.683. The Morgan fingerprint density at radius 2 is 1.86 bits per heavy atom. The number of anilines is 1. The molecule has 3 aromatic rings. The molecule has 0 fully saturated rings. The summed E-state index contributed by atoms with van der Waals surface area (Å²) in [6.07, 6.45) is 0. The molecule has 2 aromatic carbocycles. The highest BCUT2D eigenvalue weighted by molar-refractivity contribution is 5.91. The maximum Gasteiger partial charge on any atom is 0.244 e. The first-order valence-electron chi connectivity index (χ1n) is 9.16. The van der Waals surface area contributed by atoms with Gasteiger partial charge in [0.25, 0.3) is 0 Å². The second-order valence-corrected chi connectivity index (χ2v) is 6.99. The van der Waals surface area contributed by atoms with Crippen LogP contribution in [0.15, 0.2) is 48.5 Å². The molecule has 0 aliphatic heterocycles. The lowest BCUT2D eigenvalue weighted by molar-refractivity contribution is -0.124. The number of benzene rings is 2. The average molecular weight is 382 g/mol. The van der Waals surface area contributed by atoms with Gasteiger partial charge in [0.1, 0.15) is 18.2 Å². The molecule has 0 spiro atoms. The van der Waals surface area contributed by atoms with E-state index in [1.165, 1.54) is 18.2 Å². The third-order valence-electron chi connectivity index (χ3n) is 4.36. The molecule has 28 heavy (non-hydrogen) atoms. The second-order valence-electron chi connectivity index (χ2n) is 6.99. The zero-order valence-corrected chi connectivity index (χ0v) is 16.1. The molecular weight excluding hydrogens is 359 g/mol. The van der Waals surface area contributed by atoms with Gasteiger partial charge < -0.3 is 15.2 Å². The monoisotopic (exact) mass is 382 g/mol. The first-order valence-corrected chi connectivity index (χ1v) is 9.16. The van der Waals surface area contributed by atoms with Gasteiger partial charge in [0.2, 0.25) is 11.8 Å². The number of rotatable bonds is 6. The van der Waals surface area contributed by atoms with Crippen LogP contribution in [0.4, 0.5) is 10.1 Å². The van der Waals surface area contributed by atoms with Crippen LogP contribution in [0, 0.1) is 11.7 Å². The van der Waals surface area contributed by atoms with Crippen LogP contribution >= 0.6 is 0 Å². The van der Waals surface area contributed by atoms with E-state index in [0.29, 0.717) is 11.5 Å². The standard InChI is InChI=1S/C21H23FN4O2/c1-13(2)21(28)23-14(3)20-25-17-9-4-5-10-18(17)26(20)12-19(27)24-16-8-6-7-15(22)11-16/h4-11,13-14H,12H2,1-3H3,(H,23,28)(H,24,27). The molecule has 0 radical (unpaired) electrons. The van der Waals surface area contributed by atoms with Gasteiger partial charge in [0, 0.05) is 11.6 Å². The van der Waals surface area contributed by atoms with Crippen molar-refractivity contribution < 1.29 is 14.0 Å². The van der Waals surface area contributed by atoms with Crippen molar-refractivity contribution in [2.75, 3.05) is 5.32 Å². The molecule has 146 valence electrons. The van der Waals surface area contributed by atoms with Gasteiger partial charge in [0.15, 0.2) is 0 Å². The van der Waals surface area contributed by atoms with E-state index in [-0.39, 0.29) is 30.3 Å². The summed E-state index contributed by atoms with van der Waals surface area (Å²) in [6, 6.07) is 12.8. The Labute approximate surface area is 162 Å². The minimum absolute atomic E-state index is 0.00571. The van der Waals surface area contributed by atoms with Crippen molar-refractivity contribution in [3.8, 4) is 0 Å². The van der Waals surface area contributed by atoms with E-state index < -0.39 is 5.82 Å². The molecule has 0 bridgehead atoms. The number of imidazole rings is 1. The number of amides is 2. The van der Waals surface area contributed by atoms with Gasteiger partial charge in [-0.1, -0.05) is 32.0 Å². The summed E-state index contributed by atoms with van der Waals surface area (Å²) in [5.41, 5.74) is 1.91. The number of nitrogens with one attached hydrogen (secondary N) is 2. The van der Waals surface area contributed by atoms with E-state index in [2.05, 4.69) is 15.6 Å². The third kappa shape index (κ3) is 4.36. The molecule has 7 heteroatoms. The van der Waals surface area contributed by atoms with Gasteiger partial charge in [0.05, 0.1) is 17.1 Å². The zero-order valence-electron chi connectivity index (χ0n) is 16.1. The minimum atomic E-state index is -0.420. The summed E-state index contributed by atoms with van der Waals surface area (Å²) in [4.78, 5) is 29.3. The van der Waals surface area contributed by atoms with Crippen molar-refractivity contribution in [1.82, 2.24) is 14.9 Å². The SMILES string of the molecule is CC(C)C(=O)NC(C)c1nc2ccccc2n1CC(=O)Nc1cccc(F)c1. The summed E-state index contributed by atoms with van der Waals surface area (Å²) < 4.78 is 15.1. The number of fused-ring (bicyclic) bond motifs is 1. The molecule has 2 N–H and O–H groups in total. The Morgan fingerprint density at radius 3 is 2.57 bits per heavy atom. The minimum Gasteiger partial charge on any atom is -0.346 e. The van der Waals surface area contributed by atoms with Crippen LogP contribution in [0.2, 0.25) is 0 Å². The number of para-hydroxylation sites is 2. The fourth-order valence-corrected chi connectivity index (χ4v) is 2.95. The van der Waals surface area contributed by atoms with Gasteiger partial charge in [-0.3, -0.25) is 9.59 Å². The highest BCUT2D eigenvalue weighted by Crippen LogP contribution is 2.21. The number of hydrogen-bond acceptors (Lipinski definition) is 3. The molecule has 0 aliphatic rings. The van der Waals surface area contributed by atoms with Gasteiger partial charge in [-0.2, -0.15) is 0 Å². The van der Waals surface area contributed by atoms with Gasteiger partial charge in [-0.15, -0.1) is 0 Å². The Morgan fingerprint density at radius 1 is 1.11 bits per heavy atom. The van der Waals surface area contributed by atoms with Crippen molar-refractivity contribution >= 4 is 28.5 Å². The molecule has 0 saturated heterocycles. The number of halogens is 1. The summed E-state index contributed by atoms with van der Waals surface area (Å²) >= 11 is 0. The fourth-order valence-electron chi connectivity index (χ4n) is 2.95. The third-order valence-corrected chi connectivity index (χ3v) is 4.36. The van der Waals surface area contributed by atoms with Gasteiger partial charge in [-0.25, -0.2) is 9.37 Å². The molecule has 6 nitrogen and oxygen atoms in total. The number of carbonyl (C=O) groups excluding carboxylic acids is 2. The largest absolute Gasteiger partial charge is 0.346 e. The highest BCUT2D eigenvalue weighted by atomic mass is 19.1. The van der Waals surface area contributed by atoms with Crippen molar-refractivity contribution in [2.45, 2.75) is 33.4 Å². The molecule has 3 rings (SSSR count). The van der Waals surface area contributed by atoms with Crippen molar-refractivity contribution in [2.24, 2.45) is 5.92 Å². The van der Waals surface area contributed by atoms with Crippen molar-refractivity contribution in [1.29, 1.82) is 0 Å². The van der Waals surface area contributed by atoms with Crippen molar-refractivity contribution in [3.05, 3.63) is 60.2 Å². The average Bonchev–Trinajstić information content (AvgIpc) is 3.00. The number of aromatic nitrogens is 2. The van der Waals surface area contributed by atoms with Gasteiger partial charge >= 0.3 is 0 Å². The van der Waals surface area contributed by atoms with Crippen LogP contribution in [-0.4, -0.2) is 21.4 Å². The molecule has 0 saturated carbocycles. The number of carbonyl (C=O) groups is 2. The predicted molar refractivity (Wildman–Crippen MR) is 106 cm³/mol. The number of nitrogens with zero attached hydrogens (tertiary/aromatic N) is 2. The van der Waals surface area contributed by atoms with Crippen molar-refractivity contribution in [3.63, 3.8) is 0 Å². The Balaban J connectivity index is 1.88. The van der Waals surface area contributed by atoms with E-state index in [1.807, 2.05) is 45.0 Å². The van der Waals surface area contributed by atoms with Crippen LogP contribution in [0.25, 0.3) is 11.0 Å². The summed E-state index contributed by atoms with van der Waals surface area (Å²) in [6.45, 7) is 5.46. The fraction of sp³-hybridized carbons (Fsp3) is 0.286. The first-order chi connectivity index (χ1) is 13.3. The van der Waals surface area contributed by atoms with Crippen LogP contribution in [0.3, 0.4) is 0 Å². The Bertz CT molecular complexity index is 1010. The van der Waals surface area contributed by atoms with E-state index in [9.17, 15) is 14.0 Å². The normalized spacial score (nSPS) is 12.2. The summed E-state index contributed by atoms with van der Waals surface area (Å²) in [5.74, 6) is -0.384. The molecule has 1 aromatic heterocycles. The highest BCUT2D eigenvalue weighted by Gasteiger charge is 2.21. The molecule has 2 amide bonds. The maximum atomic E-state index is 13.4. The van der Waals surface area contributed by atoms with Crippen LogP contribution in [0.5, 0.6) is 0 Å². The summed E-state index contributed by atoms with van der Waals surface area (Å²) in [7, 11) is 0. The van der Waals surface area contributed by atoms with Crippen LogP contribution < -0.4 is 10.6 Å². The topological polar surface area (TPSA) is 76.0 Å². The summed E-state index contributed by atoms with van der Waals surface area (Å²) in [5, 5.41) is 5.62. The molecule has 1 atom stereocenters. The lowest BCUT2D eigenvalue weighted by Gasteiger charge is -2.17. The Kier molecular flexibility index (Phi) is 5.73. The second kappa shape index (κ2) is 8.21. The smallest absolute Gasteiger partial charge is 0.244 e. The number of hydrogen-bond donors (Lipinski definition) is 2. The Hall–Kier alpha value is -3.22. The molecule has 0 aliphatic carbocycles. The molecule has 1 unspecified atom stereocenters. The van der Waals surface area contributed by atoms with E-state index in [1.54, 1.807) is 10.6 Å². The van der Waals surface area contributed by atoms with E-state index in [4.69, 9.17) is 0 Å². The van der Waals surface area contributed by atoms with Crippen LogP contribution in [-0.2, 0) is 16.1 Å². The first kappa shape index (κ1) is 19.5. The predicted octanol–water partition coefficient (Wildman–Crippen LogP) is 3.65. The zero-order chi connectivity index (χ0) is 20.3. The molecule has 1 heterocycles. The van der Waals surface area contributed by atoms with Gasteiger partial charge in [-0.05, 0) is 37.3 Å². The van der Waals surface area contributed by atoms with Crippen LogP contribution in [0.1, 0.15) is 32.6 Å². The van der Waals surface area contributed by atoms with E-state index in [0.717, 1.165) is 11.0 Å².